The summed E-state index contributed by atoms with van der Waals surface area (Å²) in [5.74, 6) is 0. The molecule has 0 saturated heterocycles. The number of rotatable bonds is 4. The molecule has 5 aromatic carbocycles. The molecule has 2 heterocycles. The van der Waals surface area contributed by atoms with E-state index in [4.69, 9.17) is 0 Å². The number of fused-ring (bicyclic) bond motifs is 3. The minimum absolute atomic E-state index is 0.554. The zero-order valence-electron chi connectivity index (χ0n) is 22.9. The van der Waals surface area contributed by atoms with Crippen molar-refractivity contribution in [2.45, 2.75) is 0 Å². The van der Waals surface area contributed by atoms with E-state index >= 15 is 0 Å². The molecule has 0 radical (unpaired) electrons. The fourth-order valence-electron chi connectivity index (χ4n) is 5.82. The standard InChI is InChI=1S/C38H21N5/c39-22-25-17-31(26-13-15-42-16-14-26)19-32(18-25)43-37-11-9-27(33-7-3-1-5-29(33)23-40)20-35(37)36-21-28(10-12-38(36)43)34-8-4-2-6-30(34)24-41/h1-21H. The monoisotopic (exact) mass is 547 g/mol. The van der Waals surface area contributed by atoms with Gasteiger partial charge in [0.25, 0.3) is 0 Å². The van der Waals surface area contributed by atoms with Crippen molar-refractivity contribution >= 4 is 21.8 Å². The van der Waals surface area contributed by atoms with Crippen LogP contribution < -0.4 is 0 Å². The quantitative estimate of drug-likeness (QED) is 0.220. The molecule has 5 heteroatoms. The van der Waals surface area contributed by atoms with Gasteiger partial charge in [-0.25, -0.2) is 0 Å². The lowest BCUT2D eigenvalue weighted by Gasteiger charge is -2.12. The average Bonchev–Trinajstić information content (AvgIpc) is 3.41. The van der Waals surface area contributed by atoms with E-state index in [1.165, 1.54) is 0 Å². The minimum Gasteiger partial charge on any atom is -0.309 e. The van der Waals surface area contributed by atoms with Crippen molar-refractivity contribution in [2.24, 2.45) is 0 Å². The summed E-state index contributed by atoms with van der Waals surface area (Å²) in [4.78, 5) is 4.15. The van der Waals surface area contributed by atoms with Gasteiger partial charge in [0.15, 0.2) is 0 Å². The Bertz CT molecular complexity index is 2210. The van der Waals surface area contributed by atoms with Crippen molar-refractivity contribution < 1.29 is 0 Å². The summed E-state index contributed by atoms with van der Waals surface area (Å²) in [5, 5.41) is 31.5. The smallest absolute Gasteiger partial charge is 0.0998 e. The van der Waals surface area contributed by atoms with Gasteiger partial charge in [-0.15, -0.1) is 0 Å². The van der Waals surface area contributed by atoms with Crippen LogP contribution >= 0.6 is 0 Å². The molecule has 0 atom stereocenters. The molecular weight excluding hydrogens is 526 g/mol. The van der Waals surface area contributed by atoms with Gasteiger partial charge in [-0.2, -0.15) is 15.8 Å². The number of hydrogen-bond acceptors (Lipinski definition) is 4. The van der Waals surface area contributed by atoms with Gasteiger partial charge in [0.05, 0.1) is 45.9 Å². The zero-order chi connectivity index (χ0) is 29.3. The van der Waals surface area contributed by atoms with E-state index in [1.807, 2.05) is 84.9 Å². The van der Waals surface area contributed by atoms with Crippen LogP contribution in [0.1, 0.15) is 16.7 Å². The predicted molar refractivity (Wildman–Crippen MR) is 169 cm³/mol. The number of benzene rings is 5. The predicted octanol–water partition coefficient (Wildman–Crippen LogP) is 8.79. The Hall–Kier alpha value is -6.48. The minimum atomic E-state index is 0.554. The van der Waals surface area contributed by atoms with Crippen LogP contribution in [0.15, 0.2) is 128 Å². The summed E-state index contributed by atoms with van der Waals surface area (Å²) in [5.41, 5.74) is 10.1. The second-order valence-corrected chi connectivity index (χ2v) is 10.2. The molecule has 0 bridgehead atoms. The van der Waals surface area contributed by atoms with Crippen LogP contribution in [-0.4, -0.2) is 9.55 Å². The normalized spacial score (nSPS) is 10.7. The van der Waals surface area contributed by atoms with E-state index in [1.54, 1.807) is 12.4 Å². The van der Waals surface area contributed by atoms with Gasteiger partial charge in [-0.3, -0.25) is 4.98 Å². The number of nitriles is 3. The van der Waals surface area contributed by atoms with Gasteiger partial charge in [0.1, 0.15) is 0 Å². The fraction of sp³-hybridized carbons (Fsp3) is 0. The lowest BCUT2D eigenvalue weighted by atomic mass is 9.96. The Kier molecular flexibility index (Phi) is 6.22. The van der Waals surface area contributed by atoms with Crippen molar-refractivity contribution in [3.8, 4) is 57.3 Å². The highest BCUT2D eigenvalue weighted by atomic mass is 15.0. The largest absolute Gasteiger partial charge is 0.309 e. The first kappa shape index (κ1) is 25.5. The lowest BCUT2D eigenvalue weighted by molar-refractivity contribution is 1.18. The van der Waals surface area contributed by atoms with Crippen LogP contribution in [0, 0.1) is 34.0 Å². The molecule has 0 saturated carbocycles. The Labute approximate surface area is 248 Å². The second kappa shape index (κ2) is 10.5. The van der Waals surface area contributed by atoms with Crippen LogP contribution in [0.3, 0.4) is 0 Å². The highest BCUT2D eigenvalue weighted by molar-refractivity contribution is 6.12. The summed E-state index contributed by atoms with van der Waals surface area (Å²) in [6.07, 6.45) is 3.49. The molecule has 0 unspecified atom stereocenters. The van der Waals surface area contributed by atoms with E-state index in [2.05, 4.69) is 58.1 Å². The maximum Gasteiger partial charge on any atom is 0.0998 e. The number of pyridine rings is 1. The first-order valence-corrected chi connectivity index (χ1v) is 13.7. The molecule has 0 amide bonds. The second-order valence-electron chi connectivity index (χ2n) is 10.2. The third kappa shape index (κ3) is 4.37. The molecule has 0 aliphatic rings. The number of hydrogen-bond donors (Lipinski definition) is 0. The van der Waals surface area contributed by atoms with Gasteiger partial charge in [0, 0.05) is 28.9 Å². The highest BCUT2D eigenvalue weighted by Gasteiger charge is 2.17. The number of nitrogens with zero attached hydrogens (tertiary/aromatic N) is 5. The highest BCUT2D eigenvalue weighted by Crippen LogP contribution is 2.39. The molecule has 7 aromatic rings. The molecule has 2 aromatic heterocycles. The van der Waals surface area contributed by atoms with Crippen molar-refractivity contribution in [3.63, 3.8) is 0 Å². The molecule has 5 nitrogen and oxygen atoms in total. The fourth-order valence-corrected chi connectivity index (χ4v) is 5.82. The summed E-state index contributed by atoms with van der Waals surface area (Å²) in [6, 6.07) is 44.4. The number of aromatic nitrogens is 2. The van der Waals surface area contributed by atoms with E-state index in [9.17, 15) is 15.8 Å². The molecule has 0 fully saturated rings. The summed E-state index contributed by atoms with van der Waals surface area (Å²) in [6.45, 7) is 0. The Balaban J connectivity index is 1.55. The van der Waals surface area contributed by atoms with Crippen LogP contribution in [0.4, 0.5) is 0 Å². The van der Waals surface area contributed by atoms with Crippen LogP contribution in [0.2, 0.25) is 0 Å². The summed E-state index contributed by atoms with van der Waals surface area (Å²) in [7, 11) is 0. The topological polar surface area (TPSA) is 89.2 Å². The maximum absolute atomic E-state index is 9.96. The van der Waals surface area contributed by atoms with Crippen LogP contribution in [0.5, 0.6) is 0 Å². The average molecular weight is 548 g/mol. The lowest BCUT2D eigenvalue weighted by Crippen LogP contribution is -1.96. The first-order chi connectivity index (χ1) is 21.2. The Morgan fingerprint density at radius 2 is 1.05 bits per heavy atom. The third-order valence-corrected chi connectivity index (χ3v) is 7.80. The zero-order valence-corrected chi connectivity index (χ0v) is 22.9. The van der Waals surface area contributed by atoms with Crippen LogP contribution in [0.25, 0.3) is 60.9 Å². The molecular formula is C38H21N5. The van der Waals surface area contributed by atoms with Crippen molar-refractivity contribution in [3.05, 3.63) is 144 Å². The molecule has 43 heavy (non-hydrogen) atoms. The van der Waals surface area contributed by atoms with E-state index < -0.39 is 0 Å². The van der Waals surface area contributed by atoms with E-state index in [-0.39, 0.29) is 0 Å². The Morgan fingerprint density at radius 1 is 0.488 bits per heavy atom. The van der Waals surface area contributed by atoms with Gasteiger partial charge in [-0.05, 0) is 100 Å². The molecule has 0 aliphatic carbocycles. The maximum atomic E-state index is 9.96. The van der Waals surface area contributed by atoms with Gasteiger partial charge >= 0.3 is 0 Å². The molecule has 7 rings (SSSR count). The third-order valence-electron chi connectivity index (χ3n) is 7.80. The molecule has 198 valence electrons. The van der Waals surface area contributed by atoms with E-state index in [0.717, 1.165) is 60.9 Å². The molecule has 0 aliphatic heterocycles. The first-order valence-electron chi connectivity index (χ1n) is 13.7. The summed E-state index contributed by atoms with van der Waals surface area (Å²) < 4.78 is 2.18. The molecule has 0 N–H and O–H groups in total. The van der Waals surface area contributed by atoms with Crippen molar-refractivity contribution in [1.82, 2.24) is 9.55 Å². The van der Waals surface area contributed by atoms with Gasteiger partial charge in [-0.1, -0.05) is 48.5 Å². The SMILES string of the molecule is N#Cc1cc(-c2ccncc2)cc(-n2c3ccc(-c4ccccc4C#N)cc3c3cc(-c4ccccc4C#N)ccc32)c1. The van der Waals surface area contributed by atoms with E-state index in [0.29, 0.717) is 16.7 Å². The molecule has 0 spiro atoms. The van der Waals surface area contributed by atoms with Crippen molar-refractivity contribution in [2.75, 3.05) is 0 Å². The van der Waals surface area contributed by atoms with Crippen LogP contribution in [-0.2, 0) is 0 Å². The van der Waals surface area contributed by atoms with Gasteiger partial charge < -0.3 is 4.57 Å². The Morgan fingerprint density at radius 3 is 1.58 bits per heavy atom. The summed E-state index contributed by atoms with van der Waals surface area (Å²) >= 11 is 0. The van der Waals surface area contributed by atoms with Gasteiger partial charge in [0.2, 0.25) is 0 Å². The van der Waals surface area contributed by atoms with Crippen molar-refractivity contribution in [1.29, 1.82) is 15.8 Å².